The third-order valence-electron chi connectivity index (χ3n) is 6.20. The summed E-state index contributed by atoms with van der Waals surface area (Å²) in [7, 11) is 3.19. The number of hydrogen-bond donors (Lipinski definition) is 3. The molecular weight excluding hydrogens is 530 g/mol. The number of carbonyl (C=O) groups excluding carboxylic acids is 2. The Kier molecular flexibility index (Phi) is 7.46. The summed E-state index contributed by atoms with van der Waals surface area (Å²) >= 11 is 3.49. The van der Waals surface area contributed by atoms with Gasteiger partial charge in [0.05, 0.1) is 25.4 Å². The van der Waals surface area contributed by atoms with Gasteiger partial charge in [0.2, 0.25) is 5.91 Å². The Hall–Kier alpha value is -3.63. The average Bonchev–Trinajstić information content (AvgIpc) is 3.00. The lowest BCUT2D eigenvalue weighted by Crippen LogP contribution is -2.53. The average molecular weight is 556 g/mol. The first-order chi connectivity index (χ1) is 17.2. The van der Waals surface area contributed by atoms with Gasteiger partial charge >= 0.3 is 5.97 Å². The molecule has 1 aliphatic rings. The number of carbonyl (C=O) groups is 3. The number of para-hydroxylation sites is 1. The van der Waals surface area contributed by atoms with Crippen molar-refractivity contribution in [2.24, 2.45) is 0 Å². The Bertz CT molecular complexity index is 1340. The molecule has 2 atom stereocenters. The lowest BCUT2D eigenvalue weighted by Gasteiger charge is -2.27. The van der Waals surface area contributed by atoms with E-state index in [1.54, 1.807) is 33.2 Å². The molecule has 1 aliphatic heterocycles. The van der Waals surface area contributed by atoms with Crippen molar-refractivity contribution in [1.82, 2.24) is 10.6 Å². The van der Waals surface area contributed by atoms with Gasteiger partial charge in [0.15, 0.2) is 5.75 Å². The number of nitrogens with one attached hydrogen (secondary N) is 2. The van der Waals surface area contributed by atoms with Gasteiger partial charge in [0, 0.05) is 10.0 Å². The van der Waals surface area contributed by atoms with Crippen LogP contribution in [0.2, 0.25) is 0 Å². The second-order valence-electron chi connectivity index (χ2n) is 8.38. The molecule has 0 radical (unpaired) electrons. The van der Waals surface area contributed by atoms with E-state index < -0.39 is 24.0 Å². The monoisotopic (exact) mass is 555 g/mol. The first-order valence-electron chi connectivity index (χ1n) is 11.3. The molecule has 0 aliphatic carbocycles. The molecule has 10 heteroatoms. The Labute approximate surface area is 216 Å². The third kappa shape index (κ3) is 4.87. The molecule has 0 saturated carbocycles. The van der Waals surface area contributed by atoms with Gasteiger partial charge in [-0.15, -0.1) is 0 Å². The van der Waals surface area contributed by atoms with Crippen molar-refractivity contribution in [3.8, 4) is 11.5 Å². The minimum Gasteiger partial charge on any atom is -0.496 e. The van der Waals surface area contributed by atoms with Crippen LogP contribution in [-0.2, 0) is 16.1 Å². The van der Waals surface area contributed by atoms with Gasteiger partial charge < -0.3 is 30.1 Å². The summed E-state index contributed by atoms with van der Waals surface area (Å²) in [5.74, 6) is -1.35. The van der Waals surface area contributed by atoms with E-state index in [0.29, 0.717) is 11.4 Å². The molecule has 3 aromatic carbocycles. The largest absolute Gasteiger partial charge is 0.496 e. The molecular formula is C26H26BrN3O6. The summed E-state index contributed by atoms with van der Waals surface area (Å²) in [6.45, 7) is 1.52. The molecule has 0 fully saturated rings. The van der Waals surface area contributed by atoms with Crippen molar-refractivity contribution < 1.29 is 29.0 Å². The van der Waals surface area contributed by atoms with Gasteiger partial charge in [-0.3, -0.25) is 9.59 Å². The molecule has 188 valence electrons. The van der Waals surface area contributed by atoms with Crippen molar-refractivity contribution >= 4 is 50.2 Å². The molecule has 0 spiro atoms. The van der Waals surface area contributed by atoms with E-state index >= 15 is 0 Å². The molecule has 0 saturated heterocycles. The van der Waals surface area contributed by atoms with Crippen LogP contribution in [0.25, 0.3) is 10.8 Å². The SMILES string of the molecule is CN[C@@H](C)C(=O)N[C@H]1COc2c(C(=O)O)cccc2N(Cc2c(OC)ccc3cc(Br)ccc23)C1=O. The molecule has 3 N–H and O–H groups in total. The molecule has 4 rings (SSSR count). The fraction of sp³-hybridized carbons (Fsp3) is 0.269. The number of nitrogens with zero attached hydrogens (tertiary/aromatic N) is 1. The zero-order valence-corrected chi connectivity index (χ0v) is 21.6. The van der Waals surface area contributed by atoms with E-state index in [4.69, 9.17) is 9.47 Å². The smallest absolute Gasteiger partial charge is 0.339 e. The Balaban J connectivity index is 1.85. The van der Waals surface area contributed by atoms with Crippen molar-refractivity contribution in [3.05, 3.63) is 64.1 Å². The normalized spacial score (nSPS) is 16.1. The van der Waals surface area contributed by atoms with Gasteiger partial charge in [0.25, 0.3) is 5.91 Å². The number of halogens is 1. The Morgan fingerprint density at radius 1 is 1.25 bits per heavy atom. The number of anilines is 1. The van der Waals surface area contributed by atoms with E-state index in [0.717, 1.165) is 20.8 Å². The highest BCUT2D eigenvalue weighted by atomic mass is 79.9. The second-order valence-corrected chi connectivity index (χ2v) is 9.29. The van der Waals surface area contributed by atoms with Gasteiger partial charge in [-0.1, -0.05) is 34.1 Å². The quantitative estimate of drug-likeness (QED) is 0.409. The highest BCUT2D eigenvalue weighted by molar-refractivity contribution is 9.10. The highest BCUT2D eigenvalue weighted by Gasteiger charge is 2.35. The molecule has 2 amide bonds. The predicted molar refractivity (Wildman–Crippen MR) is 139 cm³/mol. The van der Waals surface area contributed by atoms with Crippen molar-refractivity contribution in [2.45, 2.75) is 25.6 Å². The number of aromatic carboxylic acids is 1. The minimum absolute atomic E-state index is 0.0639. The van der Waals surface area contributed by atoms with Crippen molar-refractivity contribution in [2.75, 3.05) is 25.7 Å². The lowest BCUT2D eigenvalue weighted by atomic mass is 10.0. The zero-order chi connectivity index (χ0) is 26.0. The van der Waals surface area contributed by atoms with Crippen LogP contribution in [0.15, 0.2) is 53.0 Å². The third-order valence-corrected chi connectivity index (χ3v) is 6.70. The maximum Gasteiger partial charge on any atom is 0.339 e. The summed E-state index contributed by atoms with van der Waals surface area (Å²) in [6.07, 6.45) is 0. The van der Waals surface area contributed by atoms with Crippen LogP contribution in [0.5, 0.6) is 11.5 Å². The number of carboxylic acid groups (broad SMARTS) is 1. The number of amides is 2. The highest BCUT2D eigenvalue weighted by Crippen LogP contribution is 2.38. The van der Waals surface area contributed by atoms with Crippen molar-refractivity contribution in [3.63, 3.8) is 0 Å². The number of benzene rings is 3. The van der Waals surface area contributed by atoms with Gasteiger partial charge in [-0.25, -0.2) is 4.79 Å². The van der Waals surface area contributed by atoms with Crippen LogP contribution in [0.4, 0.5) is 5.69 Å². The lowest BCUT2D eigenvalue weighted by molar-refractivity contribution is -0.129. The maximum atomic E-state index is 13.8. The molecule has 0 unspecified atom stereocenters. The van der Waals surface area contributed by atoms with Crippen molar-refractivity contribution in [1.29, 1.82) is 0 Å². The topological polar surface area (TPSA) is 117 Å². The standard InChI is InChI=1S/C26H26BrN3O6/c1-14(28-2)24(31)29-20-13-36-23-18(26(33)34)5-4-6-21(23)30(25(20)32)12-19-17-9-8-16(27)11-15(17)7-10-22(19)35-3/h4-11,14,20,28H,12-13H2,1-3H3,(H,29,31)(H,33,34)/t14-,20-/m0/s1. The van der Waals surface area contributed by atoms with Gasteiger partial charge in [0.1, 0.15) is 24.0 Å². The van der Waals surface area contributed by atoms with Crippen LogP contribution in [0.3, 0.4) is 0 Å². The van der Waals surface area contributed by atoms with Gasteiger partial charge in [-0.05, 0) is 55.1 Å². The Morgan fingerprint density at radius 2 is 2.03 bits per heavy atom. The van der Waals surface area contributed by atoms with Crippen LogP contribution < -0.4 is 25.0 Å². The molecule has 9 nitrogen and oxygen atoms in total. The van der Waals surface area contributed by atoms with Gasteiger partial charge in [-0.2, -0.15) is 0 Å². The Morgan fingerprint density at radius 3 is 2.72 bits per heavy atom. The maximum absolute atomic E-state index is 13.8. The summed E-state index contributed by atoms with van der Waals surface area (Å²) in [4.78, 5) is 39.8. The van der Waals surface area contributed by atoms with Crippen LogP contribution in [0, 0.1) is 0 Å². The first-order valence-corrected chi connectivity index (χ1v) is 12.1. The van der Waals surface area contributed by atoms with Crippen LogP contribution in [0.1, 0.15) is 22.8 Å². The number of ether oxygens (including phenoxy) is 2. The molecule has 0 aromatic heterocycles. The molecule has 0 bridgehead atoms. The molecule has 36 heavy (non-hydrogen) atoms. The fourth-order valence-corrected chi connectivity index (χ4v) is 4.53. The summed E-state index contributed by atoms with van der Waals surface area (Å²) in [5, 5.41) is 17.1. The zero-order valence-electron chi connectivity index (χ0n) is 20.0. The van der Waals surface area contributed by atoms with Crippen LogP contribution in [-0.4, -0.2) is 55.7 Å². The summed E-state index contributed by atoms with van der Waals surface area (Å²) in [6, 6.07) is 12.6. The number of methoxy groups -OCH3 is 1. The van der Waals surface area contributed by atoms with E-state index in [9.17, 15) is 19.5 Å². The number of fused-ring (bicyclic) bond motifs is 2. The number of hydrogen-bond acceptors (Lipinski definition) is 6. The summed E-state index contributed by atoms with van der Waals surface area (Å²) < 4.78 is 12.4. The van der Waals surface area contributed by atoms with E-state index in [1.807, 2.05) is 30.3 Å². The fourth-order valence-electron chi connectivity index (χ4n) is 4.15. The number of carboxylic acids is 1. The summed E-state index contributed by atoms with van der Waals surface area (Å²) in [5.41, 5.74) is 0.960. The van der Waals surface area contributed by atoms with E-state index in [1.165, 1.54) is 11.0 Å². The first kappa shape index (κ1) is 25.5. The molecule has 3 aromatic rings. The molecule has 1 heterocycles. The number of likely N-dealkylation sites (N-methyl/N-ethyl adjacent to an activating group) is 1. The minimum atomic E-state index is -1.18. The predicted octanol–water partition coefficient (Wildman–Crippen LogP) is 3.33. The van der Waals surface area contributed by atoms with Crippen LogP contribution >= 0.6 is 15.9 Å². The second kappa shape index (κ2) is 10.5. The van der Waals surface area contributed by atoms with E-state index in [2.05, 4.69) is 26.6 Å². The number of rotatable bonds is 7. The van der Waals surface area contributed by atoms with E-state index in [-0.39, 0.29) is 30.4 Å².